The van der Waals surface area contributed by atoms with Crippen molar-refractivity contribution >= 4 is 17.4 Å². The van der Waals surface area contributed by atoms with Crippen molar-refractivity contribution in [2.75, 3.05) is 11.4 Å². The average molecular weight is 317 g/mol. The summed E-state index contributed by atoms with van der Waals surface area (Å²) in [6.45, 7) is 10.5. The third kappa shape index (κ3) is 3.74. The lowest BCUT2D eigenvalue weighted by Crippen LogP contribution is -2.53. The van der Waals surface area contributed by atoms with E-state index in [1.807, 2.05) is 13.0 Å². The molecule has 0 spiro atoms. The van der Waals surface area contributed by atoms with Crippen molar-refractivity contribution in [3.8, 4) is 5.75 Å². The van der Waals surface area contributed by atoms with Crippen molar-refractivity contribution in [1.29, 1.82) is 0 Å². The highest BCUT2D eigenvalue weighted by atomic mass is 16.5. The summed E-state index contributed by atoms with van der Waals surface area (Å²) in [5.74, 6) is 1.23. The van der Waals surface area contributed by atoms with Crippen molar-refractivity contribution in [3.63, 3.8) is 0 Å². The van der Waals surface area contributed by atoms with Crippen molar-refractivity contribution in [1.82, 2.24) is 0 Å². The van der Waals surface area contributed by atoms with Crippen LogP contribution >= 0.6 is 0 Å². The predicted octanol–water partition coefficient (Wildman–Crippen LogP) is 4.22. The van der Waals surface area contributed by atoms with Crippen LogP contribution in [0.1, 0.15) is 64.2 Å². The number of Topliss-reactive ketones (excluding diaryl/α,β-unsaturated/α-hetero) is 1. The van der Waals surface area contributed by atoms with Crippen LogP contribution in [0.15, 0.2) is 18.2 Å². The summed E-state index contributed by atoms with van der Waals surface area (Å²) in [6.07, 6.45) is 2.24. The Morgan fingerprint density at radius 1 is 1.30 bits per heavy atom. The zero-order chi connectivity index (χ0) is 17.2. The molecule has 1 aliphatic heterocycles. The molecule has 1 amide bonds. The van der Waals surface area contributed by atoms with Gasteiger partial charge >= 0.3 is 0 Å². The first-order chi connectivity index (χ1) is 10.8. The summed E-state index contributed by atoms with van der Waals surface area (Å²) < 4.78 is 5.86. The van der Waals surface area contributed by atoms with Crippen molar-refractivity contribution in [3.05, 3.63) is 23.8 Å². The van der Waals surface area contributed by atoms with E-state index in [-0.39, 0.29) is 11.7 Å². The number of ether oxygens (including phenoxy) is 1. The van der Waals surface area contributed by atoms with Gasteiger partial charge in [0.05, 0.1) is 5.69 Å². The van der Waals surface area contributed by atoms with E-state index in [1.54, 1.807) is 30.9 Å². The van der Waals surface area contributed by atoms with Crippen molar-refractivity contribution in [2.45, 2.75) is 59.5 Å². The van der Waals surface area contributed by atoms with Crippen LogP contribution in [-0.2, 0) is 4.79 Å². The molecule has 0 atom stereocenters. The van der Waals surface area contributed by atoms with Gasteiger partial charge in [-0.15, -0.1) is 0 Å². The first-order valence-electron chi connectivity index (χ1n) is 8.44. The van der Waals surface area contributed by atoms with Gasteiger partial charge in [0, 0.05) is 18.5 Å². The number of benzene rings is 1. The first-order valence-corrected chi connectivity index (χ1v) is 8.44. The van der Waals surface area contributed by atoms with Crippen LogP contribution in [0.5, 0.6) is 5.75 Å². The van der Waals surface area contributed by atoms with Gasteiger partial charge in [-0.2, -0.15) is 0 Å². The number of amides is 1. The molecule has 0 aromatic heterocycles. The van der Waals surface area contributed by atoms with Gasteiger partial charge in [0.1, 0.15) is 5.75 Å². The van der Waals surface area contributed by atoms with Crippen LogP contribution < -0.4 is 9.64 Å². The normalized spacial score (nSPS) is 16.3. The number of nitrogens with zero attached hydrogens (tertiary/aromatic N) is 1. The molecule has 1 aromatic rings. The molecule has 4 heteroatoms. The third-order valence-corrected chi connectivity index (χ3v) is 4.10. The van der Waals surface area contributed by atoms with Gasteiger partial charge < -0.3 is 9.64 Å². The van der Waals surface area contributed by atoms with Gasteiger partial charge in [-0.25, -0.2) is 0 Å². The van der Waals surface area contributed by atoms with Crippen LogP contribution in [-0.4, -0.2) is 23.8 Å². The molecule has 0 bridgehead atoms. The van der Waals surface area contributed by atoms with Gasteiger partial charge in [0.2, 0.25) is 0 Å². The minimum Gasteiger partial charge on any atom is -0.476 e. The number of carbonyl (C=O) groups excluding carboxylic acids is 2. The van der Waals surface area contributed by atoms with Crippen molar-refractivity contribution in [2.24, 2.45) is 5.92 Å². The molecule has 126 valence electrons. The minimum atomic E-state index is -0.876. The maximum absolute atomic E-state index is 12.7. The van der Waals surface area contributed by atoms with Crippen LogP contribution in [0.25, 0.3) is 0 Å². The Balaban J connectivity index is 2.40. The Morgan fingerprint density at radius 3 is 2.61 bits per heavy atom. The van der Waals surface area contributed by atoms with E-state index in [1.165, 1.54) is 0 Å². The highest BCUT2D eigenvalue weighted by Crippen LogP contribution is 2.38. The van der Waals surface area contributed by atoms with Crippen LogP contribution in [0.2, 0.25) is 0 Å². The van der Waals surface area contributed by atoms with E-state index in [9.17, 15) is 9.59 Å². The number of rotatable bonds is 6. The zero-order valence-corrected chi connectivity index (χ0v) is 14.8. The molecular formula is C19H27NO3. The lowest BCUT2D eigenvalue weighted by Gasteiger charge is -2.39. The maximum atomic E-state index is 12.7. The van der Waals surface area contributed by atoms with E-state index in [4.69, 9.17) is 4.74 Å². The van der Waals surface area contributed by atoms with Crippen LogP contribution in [0.4, 0.5) is 5.69 Å². The topological polar surface area (TPSA) is 46.6 Å². The molecular weight excluding hydrogens is 290 g/mol. The average Bonchev–Trinajstić information content (AvgIpc) is 2.47. The molecule has 0 unspecified atom stereocenters. The molecule has 4 nitrogen and oxygen atoms in total. The fourth-order valence-corrected chi connectivity index (χ4v) is 2.72. The maximum Gasteiger partial charge on any atom is 0.270 e. The fourth-order valence-electron chi connectivity index (χ4n) is 2.72. The molecule has 0 saturated heterocycles. The zero-order valence-electron chi connectivity index (χ0n) is 14.8. The second-order valence-corrected chi connectivity index (χ2v) is 7.11. The number of hydrogen-bond donors (Lipinski definition) is 0. The van der Waals surface area contributed by atoms with E-state index in [2.05, 4.69) is 13.8 Å². The first kappa shape index (κ1) is 17.5. The largest absolute Gasteiger partial charge is 0.476 e. The molecule has 0 fully saturated rings. The molecule has 23 heavy (non-hydrogen) atoms. The summed E-state index contributed by atoms with van der Waals surface area (Å²) in [4.78, 5) is 26.7. The summed E-state index contributed by atoms with van der Waals surface area (Å²) >= 11 is 0. The SMILES string of the molecule is CCCC(=O)c1ccc2c(c1)N(CCC(C)C)C(=O)C(C)(C)O2. The summed E-state index contributed by atoms with van der Waals surface area (Å²) in [5, 5.41) is 0. The molecule has 2 rings (SSSR count). The van der Waals surface area contributed by atoms with Gasteiger partial charge in [-0.05, 0) is 50.8 Å². The molecule has 0 saturated carbocycles. The highest BCUT2D eigenvalue weighted by Gasteiger charge is 2.40. The Morgan fingerprint density at radius 2 is 2.00 bits per heavy atom. The van der Waals surface area contributed by atoms with E-state index in [0.717, 1.165) is 18.5 Å². The summed E-state index contributed by atoms with van der Waals surface area (Å²) in [5.41, 5.74) is 0.493. The predicted molar refractivity (Wildman–Crippen MR) is 92.2 cm³/mol. The Kier molecular flexibility index (Phi) is 5.12. The third-order valence-electron chi connectivity index (χ3n) is 4.10. The Bertz CT molecular complexity index is 605. The number of anilines is 1. The van der Waals surface area contributed by atoms with Crippen molar-refractivity contribution < 1.29 is 14.3 Å². The van der Waals surface area contributed by atoms with Crippen LogP contribution in [0.3, 0.4) is 0 Å². The fraction of sp³-hybridized carbons (Fsp3) is 0.579. The van der Waals surface area contributed by atoms with E-state index >= 15 is 0 Å². The van der Waals surface area contributed by atoms with Gasteiger partial charge in [0.25, 0.3) is 5.91 Å². The second kappa shape index (κ2) is 6.73. The number of carbonyl (C=O) groups is 2. The standard InChI is InChI=1S/C19H27NO3/c1-6-7-16(21)14-8-9-17-15(12-14)20(11-10-13(2)3)18(22)19(4,5)23-17/h8-9,12-13H,6-7,10-11H2,1-5H3. The minimum absolute atomic E-state index is 0.0502. The lowest BCUT2D eigenvalue weighted by atomic mass is 9.99. The molecule has 0 N–H and O–H groups in total. The number of hydrogen-bond acceptors (Lipinski definition) is 3. The lowest BCUT2D eigenvalue weighted by molar-refractivity contribution is -0.132. The molecule has 1 aromatic carbocycles. The molecule has 1 aliphatic rings. The van der Waals surface area contributed by atoms with E-state index in [0.29, 0.717) is 30.2 Å². The molecule has 0 aliphatic carbocycles. The number of ketones is 1. The number of fused-ring (bicyclic) bond motifs is 1. The second-order valence-electron chi connectivity index (χ2n) is 7.11. The van der Waals surface area contributed by atoms with Gasteiger partial charge in [-0.1, -0.05) is 20.8 Å². The molecule has 1 heterocycles. The Labute approximate surface area is 138 Å². The van der Waals surface area contributed by atoms with Gasteiger partial charge in [0.15, 0.2) is 11.4 Å². The summed E-state index contributed by atoms with van der Waals surface area (Å²) in [6, 6.07) is 5.42. The quantitative estimate of drug-likeness (QED) is 0.738. The Hall–Kier alpha value is -1.84. The summed E-state index contributed by atoms with van der Waals surface area (Å²) in [7, 11) is 0. The smallest absolute Gasteiger partial charge is 0.270 e. The highest BCUT2D eigenvalue weighted by molar-refractivity contribution is 6.04. The molecule has 0 radical (unpaired) electrons. The van der Waals surface area contributed by atoms with Crippen LogP contribution in [0, 0.1) is 5.92 Å². The van der Waals surface area contributed by atoms with Gasteiger partial charge in [-0.3, -0.25) is 9.59 Å². The van der Waals surface area contributed by atoms with E-state index < -0.39 is 5.60 Å². The monoisotopic (exact) mass is 317 g/mol.